The fraction of sp³-hybridized carbons (Fsp3) is 0.333. The minimum absolute atomic E-state index is 0.107. The van der Waals surface area contributed by atoms with Crippen molar-refractivity contribution >= 4 is 0 Å². The minimum Gasteiger partial charge on any atom is -0.495 e. The zero-order chi connectivity index (χ0) is 7.40. The number of aliphatic hydroxyl groups excluding tert-OH is 1. The molecule has 54 valence electrons. The average molecular weight is 140 g/mol. The number of rotatable bonds is 2. The lowest BCUT2D eigenvalue weighted by atomic mass is 10.4. The van der Waals surface area contributed by atoms with Crippen LogP contribution in [0.4, 0.5) is 0 Å². The van der Waals surface area contributed by atoms with Gasteiger partial charge in [0.2, 0.25) is 0 Å². The predicted octanol–water partition coefficient (Wildman–Crippen LogP) is -0.0225. The standard InChI is InChI=1S/C6H8N2O2/c1-10-6-2-5(4-9)8-7-3-6/h2-3,9H,4H2,1H3. The van der Waals surface area contributed by atoms with Crippen LogP contribution in [0.25, 0.3) is 0 Å². The molecule has 1 heterocycles. The van der Waals surface area contributed by atoms with E-state index in [1.165, 1.54) is 13.3 Å². The van der Waals surface area contributed by atoms with Gasteiger partial charge in [-0.15, -0.1) is 0 Å². The van der Waals surface area contributed by atoms with Crippen molar-refractivity contribution in [1.82, 2.24) is 10.2 Å². The molecule has 0 amide bonds. The first-order chi connectivity index (χ1) is 4.86. The topological polar surface area (TPSA) is 55.2 Å². The van der Waals surface area contributed by atoms with E-state index < -0.39 is 0 Å². The van der Waals surface area contributed by atoms with Gasteiger partial charge in [-0.05, 0) is 0 Å². The quantitative estimate of drug-likeness (QED) is 0.627. The molecule has 1 aromatic heterocycles. The van der Waals surface area contributed by atoms with Crippen molar-refractivity contribution in [3.63, 3.8) is 0 Å². The van der Waals surface area contributed by atoms with Crippen molar-refractivity contribution in [2.24, 2.45) is 0 Å². The van der Waals surface area contributed by atoms with Crippen LogP contribution in [0.5, 0.6) is 5.75 Å². The maximum absolute atomic E-state index is 8.60. The van der Waals surface area contributed by atoms with Gasteiger partial charge < -0.3 is 9.84 Å². The van der Waals surface area contributed by atoms with Gasteiger partial charge >= 0.3 is 0 Å². The Morgan fingerprint density at radius 1 is 1.70 bits per heavy atom. The lowest BCUT2D eigenvalue weighted by Crippen LogP contribution is -1.93. The van der Waals surface area contributed by atoms with Crippen molar-refractivity contribution in [3.05, 3.63) is 18.0 Å². The summed E-state index contributed by atoms with van der Waals surface area (Å²) in [4.78, 5) is 0. The fourth-order valence-corrected chi connectivity index (χ4v) is 0.579. The molecule has 0 aliphatic rings. The van der Waals surface area contributed by atoms with Crippen LogP contribution in [-0.2, 0) is 6.61 Å². The van der Waals surface area contributed by atoms with E-state index in [4.69, 9.17) is 9.84 Å². The molecule has 0 atom stereocenters. The number of methoxy groups -OCH3 is 1. The Kier molecular flexibility index (Phi) is 2.17. The second kappa shape index (κ2) is 3.12. The van der Waals surface area contributed by atoms with Gasteiger partial charge in [0.15, 0.2) is 0 Å². The Morgan fingerprint density at radius 3 is 3.10 bits per heavy atom. The van der Waals surface area contributed by atoms with E-state index in [0.717, 1.165) is 0 Å². The summed E-state index contributed by atoms with van der Waals surface area (Å²) in [7, 11) is 1.54. The van der Waals surface area contributed by atoms with Crippen LogP contribution in [0.3, 0.4) is 0 Å². The van der Waals surface area contributed by atoms with Gasteiger partial charge in [0.25, 0.3) is 0 Å². The van der Waals surface area contributed by atoms with Crippen LogP contribution in [0.1, 0.15) is 5.69 Å². The Hall–Kier alpha value is -1.16. The molecule has 4 nitrogen and oxygen atoms in total. The summed E-state index contributed by atoms with van der Waals surface area (Å²) in [6.07, 6.45) is 1.49. The molecule has 1 N–H and O–H groups in total. The molecule has 0 spiro atoms. The Morgan fingerprint density at radius 2 is 2.50 bits per heavy atom. The van der Waals surface area contributed by atoms with Crippen molar-refractivity contribution in [1.29, 1.82) is 0 Å². The smallest absolute Gasteiger partial charge is 0.140 e. The number of ether oxygens (including phenoxy) is 1. The molecule has 0 fully saturated rings. The highest BCUT2D eigenvalue weighted by atomic mass is 16.5. The average Bonchev–Trinajstić information content (AvgIpc) is 2.05. The molecular formula is C6H8N2O2. The Bertz CT molecular complexity index is 195. The monoisotopic (exact) mass is 140 g/mol. The van der Waals surface area contributed by atoms with Crippen molar-refractivity contribution in [2.45, 2.75) is 6.61 Å². The van der Waals surface area contributed by atoms with Crippen LogP contribution >= 0.6 is 0 Å². The number of nitrogens with zero attached hydrogens (tertiary/aromatic N) is 2. The zero-order valence-corrected chi connectivity index (χ0v) is 5.61. The van der Waals surface area contributed by atoms with Crippen LogP contribution in [0.15, 0.2) is 12.3 Å². The van der Waals surface area contributed by atoms with E-state index in [9.17, 15) is 0 Å². The highest BCUT2D eigenvalue weighted by Crippen LogP contribution is 2.06. The van der Waals surface area contributed by atoms with Crippen molar-refractivity contribution in [3.8, 4) is 5.75 Å². The molecule has 10 heavy (non-hydrogen) atoms. The largest absolute Gasteiger partial charge is 0.495 e. The van der Waals surface area contributed by atoms with Crippen molar-refractivity contribution < 1.29 is 9.84 Å². The summed E-state index contributed by atoms with van der Waals surface area (Å²) >= 11 is 0. The van der Waals surface area contributed by atoms with Crippen LogP contribution in [-0.4, -0.2) is 22.4 Å². The molecule has 0 saturated heterocycles. The van der Waals surface area contributed by atoms with Crippen LogP contribution in [0, 0.1) is 0 Å². The number of hydrogen-bond acceptors (Lipinski definition) is 4. The second-order valence-corrected chi connectivity index (χ2v) is 1.74. The molecule has 4 heteroatoms. The summed E-state index contributed by atoms with van der Waals surface area (Å²) in [6.45, 7) is -0.107. The van der Waals surface area contributed by atoms with E-state index >= 15 is 0 Å². The lowest BCUT2D eigenvalue weighted by Gasteiger charge is -1.97. The minimum atomic E-state index is -0.107. The molecule has 0 bridgehead atoms. The lowest BCUT2D eigenvalue weighted by molar-refractivity contribution is 0.274. The summed E-state index contributed by atoms with van der Waals surface area (Å²) in [5.74, 6) is 0.610. The Balaban J connectivity index is 2.87. The van der Waals surface area contributed by atoms with Gasteiger partial charge in [-0.2, -0.15) is 10.2 Å². The second-order valence-electron chi connectivity index (χ2n) is 1.74. The first kappa shape index (κ1) is 6.95. The zero-order valence-electron chi connectivity index (χ0n) is 5.61. The molecular weight excluding hydrogens is 132 g/mol. The maximum atomic E-state index is 8.60. The van der Waals surface area contributed by atoms with Crippen LogP contribution < -0.4 is 4.74 Å². The van der Waals surface area contributed by atoms with Gasteiger partial charge in [-0.25, -0.2) is 0 Å². The highest BCUT2D eigenvalue weighted by molar-refractivity contribution is 5.17. The fourth-order valence-electron chi connectivity index (χ4n) is 0.579. The molecule has 1 aromatic rings. The van der Waals surface area contributed by atoms with E-state index in [-0.39, 0.29) is 6.61 Å². The molecule has 0 aliphatic carbocycles. The molecule has 1 rings (SSSR count). The van der Waals surface area contributed by atoms with Gasteiger partial charge in [0.1, 0.15) is 5.75 Å². The first-order valence-electron chi connectivity index (χ1n) is 2.83. The van der Waals surface area contributed by atoms with E-state index in [1.54, 1.807) is 6.07 Å². The normalized spacial score (nSPS) is 9.40. The van der Waals surface area contributed by atoms with Gasteiger partial charge in [-0.3, -0.25) is 0 Å². The molecule has 0 saturated carbocycles. The van der Waals surface area contributed by atoms with E-state index in [1.807, 2.05) is 0 Å². The first-order valence-corrected chi connectivity index (χ1v) is 2.83. The third-order valence-corrected chi connectivity index (χ3v) is 1.08. The number of aromatic nitrogens is 2. The highest BCUT2D eigenvalue weighted by Gasteiger charge is 1.94. The van der Waals surface area contributed by atoms with Gasteiger partial charge in [-0.1, -0.05) is 0 Å². The third-order valence-electron chi connectivity index (χ3n) is 1.08. The summed E-state index contributed by atoms with van der Waals surface area (Å²) in [6, 6.07) is 1.63. The summed E-state index contributed by atoms with van der Waals surface area (Å²) in [5.41, 5.74) is 0.513. The van der Waals surface area contributed by atoms with Gasteiger partial charge in [0, 0.05) is 6.07 Å². The SMILES string of the molecule is COc1cnnc(CO)c1. The number of aliphatic hydroxyl groups is 1. The van der Waals surface area contributed by atoms with E-state index in [0.29, 0.717) is 11.4 Å². The molecule has 0 aromatic carbocycles. The molecule has 0 unspecified atom stereocenters. The molecule has 0 aliphatic heterocycles. The van der Waals surface area contributed by atoms with Crippen LogP contribution in [0.2, 0.25) is 0 Å². The number of hydrogen-bond donors (Lipinski definition) is 1. The third kappa shape index (κ3) is 1.41. The maximum Gasteiger partial charge on any atom is 0.140 e. The summed E-state index contributed by atoms with van der Waals surface area (Å²) in [5, 5.41) is 15.8. The van der Waals surface area contributed by atoms with E-state index in [2.05, 4.69) is 10.2 Å². The molecule has 0 radical (unpaired) electrons. The Labute approximate surface area is 58.5 Å². The predicted molar refractivity (Wildman–Crippen MR) is 34.5 cm³/mol. The van der Waals surface area contributed by atoms with Gasteiger partial charge in [0.05, 0.1) is 25.6 Å². The summed E-state index contributed by atoms with van der Waals surface area (Å²) < 4.78 is 4.84. The van der Waals surface area contributed by atoms with Crippen molar-refractivity contribution in [2.75, 3.05) is 7.11 Å².